The highest BCUT2D eigenvalue weighted by Crippen LogP contribution is 2.40. The molecule has 174 valence electrons. The lowest BCUT2D eigenvalue weighted by molar-refractivity contribution is -0.137. The molecular formula is C28H34N2O3. The zero-order chi connectivity index (χ0) is 23.4. The minimum Gasteiger partial charge on any atom is -0.496 e. The Balaban J connectivity index is 1.69. The third-order valence-electron chi connectivity index (χ3n) is 6.90. The van der Waals surface area contributed by atoms with Gasteiger partial charge in [0.2, 0.25) is 5.91 Å². The van der Waals surface area contributed by atoms with E-state index < -0.39 is 5.54 Å². The van der Waals surface area contributed by atoms with E-state index in [4.69, 9.17) is 4.74 Å². The van der Waals surface area contributed by atoms with Crippen LogP contribution in [0.15, 0.2) is 54.6 Å². The van der Waals surface area contributed by atoms with Gasteiger partial charge >= 0.3 is 0 Å². The smallest absolute Gasteiger partial charge is 0.251 e. The van der Waals surface area contributed by atoms with E-state index in [9.17, 15) is 9.59 Å². The van der Waals surface area contributed by atoms with E-state index in [1.165, 1.54) is 12.0 Å². The van der Waals surface area contributed by atoms with Crippen molar-refractivity contribution in [3.63, 3.8) is 0 Å². The molecule has 1 N–H and O–H groups in total. The lowest BCUT2D eigenvalue weighted by Crippen LogP contribution is -2.70. The highest BCUT2D eigenvalue weighted by molar-refractivity contribution is 6.15. The minimum absolute atomic E-state index is 0.0456. The Morgan fingerprint density at radius 1 is 1.09 bits per heavy atom. The number of hydrogen-bond acceptors (Lipinski definition) is 3. The molecule has 0 bridgehead atoms. The molecule has 1 saturated carbocycles. The van der Waals surface area contributed by atoms with E-state index in [1.807, 2.05) is 60.7 Å². The average molecular weight is 447 g/mol. The number of nitrogens with zero attached hydrogens (tertiary/aromatic N) is 1. The number of nitrogens with one attached hydrogen (secondary N) is 1. The maximum absolute atomic E-state index is 13.7. The van der Waals surface area contributed by atoms with Gasteiger partial charge in [-0.25, -0.2) is 0 Å². The fraction of sp³-hybridized carbons (Fsp3) is 0.429. The molecule has 2 amide bonds. The molecule has 1 aliphatic carbocycles. The number of β-lactam (4-membered cyclic amide) rings is 1. The van der Waals surface area contributed by atoms with E-state index in [0.29, 0.717) is 5.92 Å². The van der Waals surface area contributed by atoms with Crippen LogP contribution in [-0.2, 0) is 9.59 Å². The fourth-order valence-corrected chi connectivity index (χ4v) is 4.88. The standard InChI is InChI=1S/C28H34N2O3/c1-20(2)21-13-15-24(16-14-21)30-26(31)19-28(30,27(32)29-23-10-5-4-6-11-23)18-17-22-9-7-8-12-25(22)33-3/h7-9,12-18,20,23H,4-6,10-11,19H2,1-3H3,(H,29,32)/b18-17+/t28-/m1/s1. The van der Waals surface area contributed by atoms with Gasteiger partial charge < -0.3 is 10.1 Å². The number of benzene rings is 2. The van der Waals surface area contributed by atoms with E-state index >= 15 is 0 Å². The molecule has 5 nitrogen and oxygen atoms in total. The topological polar surface area (TPSA) is 58.6 Å². The molecule has 2 aromatic carbocycles. The van der Waals surface area contributed by atoms with E-state index in [-0.39, 0.29) is 24.3 Å². The summed E-state index contributed by atoms with van der Waals surface area (Å²) >= 11 is 0. The summed E-state index contributed by atoms with van der Waals surface area (Å²) in [5.41, 5.74) is 1.78. The zero-order valence-electron chi connectivity index (χ0n) is 19.8. The fourth-order valence-electron chi connectivity index (χ4n) is 4.88. The molecule has 0 spiro atoms. The summed E-state index contributed by atoms with van der Waals surface area (Å²) in [6.07, 6.45) is 9.41. The molecule has 1 saturated heterocycles. The lowest BCUT2D eigenvalue weighted by Gasteiger charge is -2.49. The summed E-state index contributed by atoms with van der Waals surface area (Å²) in [5.74, 6) is 0.981. The molecule has 2 fully saturated rings. The van der Waals surface area contributed by atoms with Crippen molar-refractivity contribution < 1.29 is 14.3 Å². The minimum atomic E-state index is -1.05. The largest absolute Gasteiger partial charge is 0.496 e. The normalized spacial score (nSPS) is 21.3. The Bertz CT molecular complexity index is 1020. The van der Waals surface area contributed by atoms with Gasteiger partial charge in [0.05, 0.1) is 13.5 Å². The van der Waals surface area contributed by atoms with E-state index in [0.717, 1.165) is 42.7 Å². The Labute approximate surface area is 196 Å². The maximum atomic E-state index is 13.7. The maximum Gasteiger partial charge on any atom is 0.251 e. The number of hydrogen-bond donors (Lipinski definition) is 1. The first-order chi connectivity index (χ1) is 15.9. The monoisotopic (exact) mass is 446 g/mol. The molecule has 0 aromatic heterocycles. The second kappa shape index (κ2) is 9.82. The number of carbonyl (C=O) groups is 2. The molecule has 5 heteroatoms. The highest BCUT2D eigenvalue weighted by Gasteiger charge is 2.56. The van der Waals surface area contributed by atoms with Crippen LogP contribution in [0.2, 0.25) is 0 Å². The van der Waals surface area contributed by atoms with Crippen LogP contribution in [0, 0.1) is 0 Å². The van der Waals surface area contributed by atoms with Crippen LogP contribution >= 0.6 is 0 Å². The summed E-state index contributed by atoms with van der Waals surface area (Å²) < 4.78 is 5.48. The Morgan fingerprint density at radius 2 is 1.79 bits per heavy atom. The van der Waals surface area contributed by atoms with Crippen LogP contribution in [0.25, 0.3) is 6.08 Å². The highest BCUT2D eigenvalue weighted by atomic mass is 16.5. The predicted octanol–water partition coefficient (Wildman–Crippen LogP) is 5.46. The molecule has 1 heterocycles. The van der Waals surface area contributed by atoms with Crippen LogP contribution in [0.1, 0.15) is 69.4 Å². The van der Waals surface area contributed by atoms with Crippen LogP contribution in [-0.4, -0.2) is 30.5 Å². The summed E-state index contributed by atoms with van der Waals surface area (Å²) in [7, 11) is 1.63. The zero-order valence-corrected chi connectivity index (χ0v) is 19.8. The van der Waals surface area contributed by atoms with Gasteiger partial charge in [0, 0.05) is 17.3 Å². The van der Waals surface area contributed by atoms with Crippen molar-refractivity contribution in [3.05, 3.63) is 65.7 Å². The van der Waals surface area contributed by atoms with Crippen molar-refractivity contribution >= 4 is 23.6 Å². The van der Waals surface area contributed by atoms with Gasteiger partial charge in [0.1, 0.15) is 5.75 Å². The van der Waals surface area contributed by atoms with Crippen LogP contribution < -0.4 is 15.0 Å². The molecular weight excluding hydrogens is 412 g/mol. The van der Waals surface area contributed by atoms with Crippen molar-refractivity contribution in [3.8, 4) is 5.75 Å². The van der Waals surface area contributed by atoms with E-state index in [2.05, 4.69) is 19.2 Å². The molecule has 33 heavy (non-hydrogen) atoms. The summed E-state index contributed by atoms with van der Waals surface area (Å²) in [6.45, 7) is 4.28. The predicted molar refractivity (Wildman–Crippen MR) is 132 cm³/mol. The van der Waals surface area contributed by atoms with Crippen molar-refractivity contribution in [1.29, 1.82) is 0 Å². The summed E-state index contributed by atoms with van der Waals surface area (Å²) in [4.78, 5) is 28.2. The Hall–Kier alpha value is -3.08. The van der Waals surface area contributed by atoms with Crippen molar-refractivity contribution in [2.45, 2.75) is 69.9 Å². The lowest BCUT2D eigenvalue weighted by atomic mass is 9.80. The summed E-state index contributed by atoms with van der Waals surface area (Å²) in [6, 6.07) is 15.8. The molecule has 0 unspecified atom stereocenters. The number of methoxy groups -OCH3 is 1. The molecule has 1 aliphatic heterocycles. The van der Waals surface area contributed by atoms with Crippen molar-refractivity contribution in [2.75, 3.05) is 12.0 Å². The first kappa shape index (κ1) is 23.1. The third-order valence-corrected chi connectivity index (χ3v) is 6.90. The van der Waals surface area contributed by atoms with Gasteiger partial charge in [0.25, 0.3) is 5.91 Å². The molecule has 0 radical (unpaired) electrons. The third kappa shape index (κ3) is 4.68. The van der Waals surface area contributed by atoms with Gasteiger partial charge in [-0.2, -0.15) is 0 Å². The first-order valence-electron chi connectivity index (χ1n) is 12.0. The second-order valence-corrected chi connectivity index (χ2v) is 9.46. The molecule has 4 rings (SSSR count). The number of carbonyl (C=O) groups excluding carboxylic acids is 2. The van der Waals surface area contributed by atoms with Crippen molar-refractivity contribution in [1.82, 2.24) is 5.32 Å². The SMILES string of the molecule is COc1ccccc1/C=C/[C@]1(C(=O)NC2CCCCC2)CC(=O)N1c1ccc(C(C)C)cc1. The first-order valence-corrected chi connectivity index (χ1v) is 12.0. The summed E-state index contributed by atoms with van der Waals surface area (Å²) in [5, 5.41) is 3.26. The average Bonchev–Trinajstić information content (AvgIpc) is 2.82. The Kier molecular flexibility index (Phi) is 6.87. The Morgan fingerprint density at radius 3 is 2.42 bits per heavy atom. The van der Waals surface area contributed by atoms with Crippen LogP contribution in [0.5, 0.6) is 5.75 Å². The quantitative estimate of drug-likeness (QED) is 0.575. The van der Waals surface area contributed by atoms with E-state index in [1.54, 1.807) is 12.0 Å². The van der Waals surface area contributed by atoms with Crippen molar-refractivity contribution in [2.24, 2.45) is 0 Å². The van der Waals surface area contributed by atoms with Gasteiger partial charge in [-0.15, -0.1) is 0 Å². The second-order valence-electron chi connectivity index (χ2n) is 9.46. The molecule has 1 atom stereocenters. The number of ether oxygens (including phenoxy) is 1. The van der Waals surface area contributed by atoms with Crippen LogP contribution in [0.4, 0.5) is 5.69 Å². The van der Waals surface area contributed by atoms with Crippen LogP contribution in [0.3, 0.4) is 0 Å². The van der Waals surface area contributed by atoms with Gasteiger partial charge in [-0.3, -0.25) is 14.5 Å². The number of amides is 2. The molecule has 2 aromatic rings. The number of para-hydroxylation sites is 1. The number of anilines is 1. The van der Waals surface area contributed by atoms with Gasteiger partial charge in [-0.1, -0.05) is 69.5 Å². The van der Waals surface area contributed by atoms with Gasteiger partial charge in [-0.05, 0) is 48.6 Å². The molecule has 2 aliphatic rings. The number of rotatable bonds is 7. The van der Waals surface area contributed by atoms with Gasteiger partial charge in [0.15, 0.2) is 5.54 Å².